The van der Waals surface area contributed by atoms with Crippen LogP contribution in [0, 0.1) is 0 Å². The van der Waals surface area contributed by atoms with Crippen molar-refractivity contribution in [3.63, 3.8) is 0 Å². The number of benzene rings is 3. The van der Waals surface area contributed by atoms with Crippen LogP contribution in [0.4, 0.5) is 0 Å². The number of carbonyl (C=O) groups excluding carboxylic acids is 1. The number of aliphatic hydroxyl groups excluding tert-OH is 1. The molecule has 0 aliphatic carbocycles. The molecule has 9 heteroatoms. The molecule has 0 aliphatic heterocycles. The van der Waals surface area contributed by atoms with Gasteiger partial charge >= 0.3 is 11.9 Å². The summed E-state index contributed by atoms with van der Waals surface area (Å²) in [5.41, 5.74) is 2.30. The number of ketones is 1. The minimum Gasteiger partial charge on any atom is -0.491 e. The van der Waals surface area contributed by atoms with E-state index in [1.54, 1.807) is 36.4 Å². The maximum atomic E-state index is 12.4. The standard InChI is InChI=1S/C23H22ClNO3.C2H2O4/c24-20-8-4-5-17(13-20)14-25-15-21(26)16-28-22-11-9-19(10-12-22)23(27)18-6-2-1-3-7-18;3-1(4)2(5)6/h1-13,21,25-26H,14-16H2;(H,3,4)(H,5,6). The molecule has 178 valence electrons. The normalized spacial score (nSPS) is 11.0. The molecule has 0 saturated heterocycles. The van der Waals surface area contributed by atoms with Gasteiger partial charge in [-0.3, -0.25) is 4.79 Å². The van der Waals surface area contributed by atoms with Gasteiger partial charge in [-0.25, -0.2) is 9.59 Å². The van der Waals surface area contributed by atoms with Gasteiger partial charge in [0.2, 0.25) is 0 Å². The molecule has 0 heterocycles. The second-order valence-corrected chi connectivity index (χ2v) is 7.49. The van der Waals surface area contributed by atoms with Crippen molar-refractivity contribution >= 4 is 29.3 Å². The molecule has 1 unspecified atom stereocenters. The van der Waals surface area contributed by atoms with Gasteiger partial charge in [-0.15, -0.1) is 0 Å². The zero-order valence-electron chi connectivity index (χ0n) is 18.1. The first-order valence-electron chi connectivity index (χ1n) is 10.2. The Bertz CT molecular complexity index is 1080. The largest absolute Gasteiger partial charge is 0.491 e. The Morgan fingerprint density at radius 2 is 1.47 bits per heavy atom. The molecule has 3 rings (SSSR count). The van der Waals surface area contributed by atoms with Crippen molar-refractivity contribution in [1.82, 2.24) is 5.32 Å². The van der Waals surface area contributed by atoms with Crippen LogP contribution in [0.3, 0.4) is 0 Å². The van der Waals surface area contributed by atoms with Crippen LogP contribution >= 0.6 is 11.6 Å². The van der Waals surface area contributed by atoms with Crippen LogP contribution in [0.15, 0.2) is 78.9 Å². The highest BCUT2D eigenvalue weighted by molar-refractivity contribution is 6.30. The molecule has 0 saturated carbocycles. The van der Waals surface area contributed by atoms with E-state index < -0.39 is 18.0 Å². The van der Waals surface area contributed by atoms with Gasteiger partial charge in [-0.1, -0.05) is 54.1 Å². The van der Waals surface area contributed by atoms with Crippen molar-refractivity contribution in [1.29, 1.82) is 0 Å². The monoisotopic (exact) mass is 485 g/mol. The summed E-state index contributed by atoms with van der Waals surface area (Å²) in [4.78, 5) is 30.6. The predicted molar refractivity (Wildman–Crippen MR) is 126 cm³/mol. The molecule has 3 aromatic rings. The molecule has 1 atom stereocenters. The molecule has 0 radical (unpaired) electrons. The summed E-state index contributed by atoms with van der Waals surface area (Å²) in [7, 11) is 0. The minimum atomic E-state index is -1.82. The van der Waals surface area contributed by atoms with Crippen LogP contribution < -0.4 is 10.1 Å². The Labute approximate surface area is 201 Å². The fourth-order valence-corrected chi connectivity index (χ4v) is 2.95. The maximum absolute atomic E-state index is 12.4. The zero-order valence-corrected chi connectivity index (χ0v) is 18.8. The van der Waals surface area contributed by atoms with Crippen LogP contribution in [0.1, 0.15) is 21.5 Å². The van der Waals surface area contributed by atoms with Gasteiger partial charge in [0, 0.05) is 29.2 Å². The van der Waals surface area contributed by atoms with Gasteiger partial charge in [0.1, 0.15) is 18.5 Å². The van der Waals surface area contributed by atoms with Crippen molar-refractivity contribution in [2.75, 3.05) is 13.2 Å². The number of carboxylic acids is 2. The fourth-order valence-electron chi connectivity index (χ4n) is 2.74. The van der Waals surface area contributed by atoms with E-state index in [1.807, 2.05) is 42.5 Å². The lowest BCUT2D eigenvalue weighted by Crippen LogP contribution is -2.31. The topological polar surface area (TPSA) is 133 Å². The molecule has 0 amide bonds. The van der Waals surface area contributed by atoms with Crippen molar-refractivity contribution in [2.24, 2.45) is 0 Å². The Balaban J connectivity index is 0.000000604. The number of halogens is 1. The maximum Gasteiger partial charge on any atom is 0.414 e. The number of aliphatic carboxylic acids is 2. The average molecular weight is 486 g/mol. The molecule has 0 spiro atoms. The Hall–Kier alpha value is -3.72. The molecule has 3 aromatic carbocycles. The number of rotatable bonds is 9. The molecule has 0 aliphatic rings. The van der Waals surface area contributed by atoms with Crippen LogP contribution in [0.25, 0.3) is 0 Å². The third-order valence-electron chi connectivity index (χ3n) is 4.38. The summed E-state index contributed by atoms with van der Waals surface area (Å²) in [6.07, 6.45) is -0.648. The Morgan fingerprint density at radius 3 is 2.06 bits per heavy atom. The van der Waals surface area contributed by atoms with E-state index in [0.29, 0.717) is 35.0 Å². The van der Waals surface area contributed by atoms with Gasteiger partial charge in [-0.05, 0) is 42.0 Å². The van der Waals surface area contributed by atoms with Crippen molar-refractivity contribution in [2.45, 2.75) is 12.6 Å². The van der Waals surface area contributed by atoms with E-state index in [-0.39, 0.29) is 12.4 Å². The lowest BCUT2D eigenvalue weighted by atomic mass is 10.0. The van der Waals surface area contributed by atoms with Crippen LogP contribution in [0.2, 0.25) is 5.02 Å². The first kappa shape index (κ1) is 26.5. The van der Waals surface area contributed by atoms with Crippen LogP contribution in [-0.4, -0.2) is 52.3 Å². The molecule has 0 aromatic heterocycles. The molecular formula is C25H24ClNO7. The third kappa shape index (κ3) is 9.41. The first-order valence-corrected chi connectivity index (χ1v) is 10.6. The Kier molecular flexibility index (Phi) is 10.7. The van der Waals surface area contributed by atoms with Crippen LogP contribution in [-0.2, 0) is 16.1 Å². The molecule has 8 nitrogen and oxygen atoms in total. The third-order valence-corrected chi connectivity index (χ3v) is 4.61. The molecule has 0 fully saturated rings. The van der Waals surface area contributed by atoms with E-state index in [4.69, 9.17) is 36.1 Å². The number of carboxylic acid groups (broad SMARTS) is 2. The highest BCUT2D eigenvalue weighted by atomic mass is 35.5. The smallest absolute Gasteiger partial charge is 0.414 e. The minimum absolute atomic E-state index is 0.0302. The fraction of sp³-hybridized carbons (Fsp3) is 0.160. The zero-order chi connectivity index (χ0) is 24.9. The Morgan fingerprint density at radius 1 is 0.853 bits per heavy atom. The summed E-state index contributed by atoms with van der Waals surface area (Å²) < 4.78 is 5.61. The van der Waals surface area contributed by atoms with Crippen molar-refractivity contribution in [3.8, 4) is 5.75 Å². The molecular weight excluding hydrogens is 462 g/mol. The number of hydrogen-bond acceptors (Lipinski definition) is 6. The lowest BCUT2D eigenvalue weighted by Gasteiger charge is -2.13. The highest BCUT2D eigenvalue weighted by Crippen LogP contribution is 2.16. The SMILES string of the molecule is O=C(O)C(=O)O.O=C(c1ccccc1)c1ccc(OCC(O)CNCc2cccc(Cl)c2)cc1. The van der Waals surface area contributed by atoms with Crippen molar-refractivity contribution < 1.29 is 34.4 Å². The number of carbonyl (C=O) groups is 3. The van der Waals surface area contributed by atoms with E-state index in [9.17, 15) is 9.90 Å². The van der Waals surface area contributed by atoms with Gasteiger partial charge in [0.25, 0.3) is 0 Å². The molecule has 34 heavy (non-hydrogen) atoms. The van der Waals surface area contributed by atoms with Gasteiger partial charge in [0.15, 0.2) is 5.78 Å². The second kappa shape index (κ2) is 13.7. The van der Waals surface area contributed by atoms with E-state index in [0.717, 1.165) is 5.56 Å². The average Bonchev–Trinajstić information content (AvgIpc) is 2.83. The molecule has 4 N–H and O–H groups in total. The summed E-state index contributed by atoms with van der Waals surface area (Å²) in [6.45, 7) is 1.18. The summed E-state index contributed by atoms with van der Waals surface area (Å²) >= 11 is 5.95. The first-order chi connectivity index (χ1) is 16.3. The van der Waals surface area contributed by atoms with E-state index >= 15 is 0 Å². The number of ether oxygens (including phenoxy) is 1. The van der Waals surface area contributed by atoms with Gasteiger partial charge < -0.3 is 25.4 Å². The van der Waals surface area contributed by atoms with Gasteiger partial charge in [0.05, 0.1) is 0 Å². The van der Waals surface area contributed by atoms with E-state index in [1.165, 1.54) is 0 Å². The highest BCUT2D eigenvalue weighted by Gasteiger charge is 2.09. The molecule has 0 bridgehead atoms. The second-order valence-electron chi connectivity index (χ2n) is 7.06. The quantitative estimate of drug-likeness (QED) is 0.268. The van der Waals surface area contributed by atoms with E-state index in [2.05, 4.69) is 5.32 Å². The summed E-state index contributed by atoms with van der Waals surface area (Å²) in [6, 6.07) is 23.7. The lowest BCUT2D eigenvalue weighted by molar-refractivity contribution is -0.159. The number of hydrogen-bond donors (Lipinski definition) is 4. The predicted octanol–water partition coefficient (Wildman–Crippen LogP) is 3.26. The van der Waals surface area contributed by atoms with Crippen molar-refractivity contribution in [3.05, 3.63) is 101 Å². The number of nitrogens with one attached hydrogen (secondary N) is 1. The van der Waals surface area contributed by atoms with Crippen LogP contribution in [0.5, 0.6) is 5.75 Å². The van der Waals surface area contributed by atoms with Gasteiger partial charge in [-0.2, -0.15) is 0 Å². The summed E-state index contributed by atoms with van der Waals surface area (Å²) in [5.74, 6) is -3.07. The summed E-state index contributed by atoms with van der Waals surface area (Å²) in [5, 5.41) is 28.7. The number of aliphatic hydroxyl groups is 1.